The number of carboxylic acids is 1. The predicted octanol–water partition coefficient (Wildman–Crippen LogP) is 2.91. The molecule has 1 heterocycles. The third-order valence-electron chi connectivity index (χ3n) is 6.58. The van der Waals surface area contributed by atoms with Crippen molar-refractivity contribution in [3.05, 3.63) is 59.7 Å². The van der Waals surface area contributed by atoms with Crippen LogP contribution in [0.1, 0.15) is 36.8 Å². The number of fused-ring (bicyclic) bond motifs is 3. The summed E-state index contributed by atoms with van der Waals surface area (Å²) in [6.07, 6.45) is -0.0355. The van der Waals surface area contributed by atoms with Crippen LogP contribution >= 0.6 is 0 Å². The van der Waals surface area contributed by atoms with Gasteiger partial charge in [-0.2, -0.15) is 0 Å². The van der Waals surface area contributed by atoms with Gasteiger partial charge in [0, 0.05) is 25.7 Å². The Balaban J connectivity index is 1.31. The average molecular weight is 453 g/mol. The molecule has 1 atom stereocenters. The van der Waals surface area contributed by atoms with E-state index in [-0.39, 0.29) is 19.1 Å². The summed E-state index contributed by atoms with van der Waals surface area (Å²) in [6.45, 7) is 2.36. The quantitative estimate of drug-likeness (QED) is 0.595. The maximum absolute atomic E-state index is 12.5. The Morgan fingerprint density at radius 3 is 2.21 bits per heavy atom. The highest BCUT2D eigenvalue weighted by Crippen LogP contribution is 2.44. The molecule has 2 amide bonds. The van der Waals surface area contributed by atoms with Crippen molar-refractivity contribution in [1.29, 1.82) is 0 Å². The van der Waals surface area contributed by atoms with E-state index < -0.39 is 29.4 Å². The summed E-state index contributed by atoms with van der Waals surface area (Å²) < 4.78 is 10.7. The standard InChI is InChI=1S/C25H28N2O6/c1-16(22(28)26-15-25(23(29)30)10-12-32-13-11-25)27-24(31)33-14-21-19-8-4-2-6-17(19)18-7-3-5-9-20(18)21/h2-9,16,21H,10-15H2,1H3,(H,26,28)(H,27,31)(H,29,30)/t16-/m1/s1. The van der Waals surface area contributed by atoms with E-state index in [0.717, 1.165) is 22.3 Å². The van der Waals surface area contributed by atoms with Crippen molar-refractivity contribution in [2.24, 2.45) is 5.41 Å². The molecule has 1 fully saturated rings. The molecule has 2 aliphatic rings. The number of aliphatic carboxylic acids is 1. The zero-order chi connectivity index (χ0) is 23.4. The molecule has 1 aliphatic carbocycles. The summed E-state index contributed by atoms with van der Waals surface area (Å²) in [5.41, 5.74) is 3.43. The highest BCUT2D eigenvalue weighted by Gasteiger charge is 2.40. The molecule has 3 N–H and O–H groups in total. The van der Waals surface area contributed by atoms with Gasteiger partial charge in [0.05, 0.1) is 5.41 Å². The second-order valence-corrected chi connectivity index (χ2v) is 8.61. The molecule has 0 bridgehead atoms. The number of alkyl carbamates (subject to hydrolysis) is 1. The Morgan fingerprint density at radius 1 is 1.06 bits per heavy atom. The lowest BCUT2D eigenvalue weighted by Crippen LogP contribution is -2.51. The number of carboxylic acid groups (broad SMARTS) is 1. The van der Waals surface area contributed by atoms with Gasteiger partial charge in [0.15, 0.2) is 0 Å². The first kappa shape index (κ1) is 22.8. The highest BCUT2D eigenvalue weighted by atomic mass is 16.5. The number of ether oxygens (including phenoxy) is 2. The van der Waals surface area contributed by atoms with Crippen LogP contribution in [0.2, 0.25) is 0 Å². The van der Waals surface area contributed by atoms with E-state index in [0.29, 0.717) is 26.1 Å². The number of hydrogen-bond acceptors (Lipinski definition) is 5. The van der Waals surface area contributed by atoms with Gasteiger partial charge in [0.1, 0.15) is 12.6 Å². The minimum absolute atomic E-state index is 0.0127. The molecule has 1 aliphatic heterocycles. The van der Waals surface area contributed by atoms with Gasteiger partial charge in [-0.05, 0) is 42.0 Å². The molecule has 0 radical (unpaired) electrons. The van der Waals surface area contributed by atoms with Crippen LogP contribution in [0.3, 0.4) is 0 Å². The Hall–Kier alpha value is -3.39. The fourth-order valence-electron chi connectivity index (χ4n) is 4.52. The van der Waals surface area contributed by atoms with Gasteiger partial charge in [-0.1, -0.05) is 48.5 Å². The zero-order valence-electron chi connectivity index (χ0n) is 18.5. The van der Waals surface area contributed by atoms with Crippen molar-refractivity contribution >= 4 is 18.0 Å². The number of rotatable bonds is 7. The van der Waals surface area contributed by atoms with Crippen LogP contribution in [0.4, 0.5) is 4.79 Å². The summed E-state index contributed by atoms with van der Waals surface area (Å²) in [5, 5.41) is 14.8. The second kappa shape index (κ2) is 9.62. The molecule has 33 heavy (non-hydrogen) atoms. The van der Waals surface area contributed by atoms with E-state index >= 15 is 0 Å². The molecule has 4 rings (SSSR count). The molecule has 0 unspecified atom stereocenters. The summed E-state index contributed by atoms with van der Waals surface area (Å²) in [6, 6.07) is 15.2. The van der Waals surface area contributed by atoms with Gasteiger partial charge in [-0.25, -0.2) is 4.79 Å². The topological polar surface area (TPSA) is 114 Å². The summed E-state index contributed by atoms with van der Waals surface area (Å²) in [7, 11) is 0. The number of carbonyl (C=O) groups excluding carboxylic acids is 2. The molecule has 1 saturated heterocycles. The molecule has 0 spiro atoms. The lowest BCUT2D eigenvalue weighted by Gasteiger charge is -2.33. The number of carbonyl (C=O) groups is 3. The Bertz CT molecular complexity index is 1000. The third-order valence-corrected chi connectivity index (χ3v) is 6.58. The van der Waals surface area contributed by atoms with Crippen LogP contribution in [0, 0.1) is 5.41 Å². The predicted molar refractivity (Wildman–Crippen MR) is 121 cm³/mol. The highest BCUT2D eigenvalue weighted by molar-refractivity contribution is 5.86. The van der Waals surface area contributed by atoms with Gasteiger partial charge in [-0.15, -0.1) is 0 Å². The monoisotopic (exact) mass is 452 g/mol. The molecular formula is C25H28N2O6. The van der Waals surface area contributed by atoms with Crippen molar-refractivity contribution in [3.63, 3.8) is 0 Å². The van der Waals surface area contributed by atoms with E-state index in [1.807, 2.05) is 36.4 Å². The van der Waals surface area contributed by atoms with Crippen molar-refractivity contribution < 1.29 is 29.0 Å². The van der Waals surface area contributed by atoms with E-state index in [4.69, 9.17) is 9.47 Å². The van der Waals surface area contributed by atoms with E-state index in [9.17, 15) is 19.5 Å². The van der Waals surface area contributed by atoms with Crippen LogP contribution in [0.25, 0.3) is 11.1 Å². The lowest BCUT2D eigenvalue weighted by atomic mass is 9.80. The van der Waals surface area contributed by atoms with Crippen molar-refractivity contribution in [3.8, 4) is 11.1 Å². The summed E-state index contributed by atoms with van der Waals surface area (Å²) in [4.78, 5) is 36.6. The first-order valence-corrected chi connectivity index (χ1v) is 11.1. The molecule has 174 valence electrons. The molecular weight excluding hydrogens is 424 g/mol. The van der Waals surface area contributed by atoms with Crippen molar-refractivity contribution in [2.75, 3.05) is 26.4 Å². The van der Waals surface area contributed by atoms with Crippen molar-refractivity contribution in [2.45, 2.75) is 31.7 Å². The lowest BCUT2D eigenvalue weighted by molar-refractivity contribution is -0.154. The number of benzene rings is 2. The maximum atomic E-state index is 12.5. The third kappa shape index (κ3) is 4.71. The smallest absolute Gasteiger partial charge is 0.407 e. The van der Waals surface area contributed by atoms with Gasteiger partial charge >= 0.3 is 12.1 Å². The second-order valence-electron chi connectivity index (χ2n) is 8.61. The number of amides is 2. The maximum Gasteiger partial charge on any atom is 0.407 e. The van der Waals surface area contributed by atoms with Crippen LogP contribution in [-0.2, 0) is 19.1 Å². The van der Waals surface area contributed by atoms with Gasteiger partial charge in [0.25, 0.3) is 0 Å². The van der Waals surface area contributed by atoms with Gasteiger partial charge in [0.2, 0.25) is 5.91 Å². The van der Waals surface area contributed by atoms with Crippen molar-refractivity contribution in [1.82, 2.24) is 10.6 Å². The molecule has 0 saturated carbocycles. The molecule has 2 aromatic carbocycles. The Kier molecular flexibility index (Phi) is 6.65. The van der Waals surface area contributed by atoms with Crippen LogP contribution in [0.15, 0.2) is 48.5 Å². The molecule has 8 heteroatoms. The van der Waals surface area contributed by atoms with E-state index in [1.165, 1.54) is 6.92 Å². The minimum atomic E-state index is -1.04. The first-order valence-electron chi connectivity index (χ1n) is 11.1. The zero-order valence-corrected chi connectivity index (χ0v) is 18.5. The Labute approximate surface area is 192 Å². The Morgan fingerprint density at radius 2 is 1.64 bits per heavy atom. The molecule has 8 nitrogen and oxygen atoms in total. The number of hydrogen-bond donors (Lipinski definition) is 3. The SMILES string of the molecule is C[C@@H](NC(=O)OCC1c2ccccc2-c2ccccc21)C(=O)NCC1(C(=O)O)CCOCC1. The van der Waals surface area contributed by atoms with E-state index in [1.54, 1.807) is 0 Å². The van der Waals surface area contributed by atoms with Crippen LogP contribution in [0.5, 0.6) is 0 Å². The average Bonchev–Trinajstić information content (AvgIpc) is 3.15. The number of nitrogens with one attached hydrogen (secondary N) is 2. The van der Waals surface area contributed by atoms with Gasteiger partial charge in [-0.3, -0.25) is 9.59 Å². The molecule has 0 aromatic heterocycles. The van der Waals surface area contributed by atoms with Crippen LogP contribution < -0.4 is 10.6 Å². The van der Waals surface area contributed by atoms with E-state index in [2.05, 4.69) is 22.8 Å². The largest absolute Gasteiger partial charge is 0.481 e. The first-order chi connectivity index (χ1) is 15.9. The fourth-order valence-corrected chi connectivity index (χ4v) is 4.52. The van der Waals surface area contributed by atoms with Crippen LogP contribution in [-0.4, -0.2) is 55.5 Å². The fraction of sp³-hybridized carbons (Fsp3) is 0.400. The normalized spacial score (nSPS) is 17.4. The van der Waals surface area contributed by atoms with Gasteiger partial charge < -0.3 is 25.2 Å². The summed E-state index contributed by atoms with van der Waals surface area (Å²) >= 11 is 0. The summed E-state index contributed by atoms with van der Waals surface area (Å²) in [5.74, 6) is -1.49. The minimum Gasteiger partial charge on any atom is -0.481 e. The molecule has 2 aromatic rings.